The van der Waals surface area contributed by atoms with E-state index in [9.17, 15) is 9.18 Å². The van der Waals surface area contributed by atoms with Crippen molar-refractivity contribution in [3.8, 4) is 6.07 Å². The zero-order chi connectivity index (χ0) is 14.4. The Morgan fingerprint density at radius 1 is 1.45 bits per heavy atom. The van der Waals surface area contributed by atoms with Gasteiger partial charge < -0.3 is 9.32 Å². The highest BCUT2D eigenvalue weighted by atomic mass is 19.1. The van der Waals surface area contributed by atoms with E-state index in [2.05, 4.69) is 4.98 Å². The van der Waals surface area contributed by atoms with Gasteiger partial charge in [0.15, 0.2) is 0 Å². The van der Waals surface area contributed by atoms with E-state index in [1.165, 1.54) is 29.5 Å². The first-order valence-corrected chi connectivity index (χ1v) is 6.01. The fraction of sp³-hybridized carbons (Fsp3) is 0.214. The molecule has 2 heterocycles. The Bertz CT molecular complexity index is 620. The van der Waals surface area contributed by atoms with E-state index in [4.69, 9.17) is 9.68 Å². The molecule has 0 aliphatic rings. The Morgan fingerprint density at radius 2 is 2.30 bits per heavy atom. The molecule has 0 fully saturated rings. The van der Waals surface area contributed by atoms with Crippen LogP contribution in [0.15, 0.2) is 41.1 Å². The summed E-state index contributed by atoms with van der Waals surface area (Å²) in [4.78, 5) is 17.1. The summed E-state index contributed by atoms with van der Waals surface area (Å²) >= 11 is 0. The van der Waals surface area contributed by atoms with Crippen LogP contribution in [0.2, 0.25) is 0 Å². The van der Waals surface area contributed by atoms with E-state index < -0.39 is 11.9 Å². The first-order chi connectivity index (χ1) is 9.72. The molecular formula is C14H12FN3O2. The van der Waals surface area contributed by atoms with Crippen molar-refractivity contribution in [2.24, 2.45) is 0 Å². The lowest BCUT2D eigenvalue weighted by atomic mass is 10.2. The number of furan rings is 1. The normalized spacial score (nSPS) is 10.0. The maximum Gasteiger partial charge on any atom is 0.258 e. The van der Waals surface area contributed by atoms with Gasteiger partial charge in [-0.05, 0) is 24.3 Å². The molecular weight excluding hydrogens is 261 g/mol. The minimum Gasteiger partial charge on any atom is -0.467 e. The van der Waals surface area contributed by atoms with E-state index >= 15 is 0 Å². The summed E-state index contributed by atoms with van der Waals surface area (Å²) in [5.41, 5.74) is -0.114. The first-order valence-electron chi connectivity index (χ1n) is 6.01. The van der Waals surface area contributed by atoms with Crippen LogP contribution in [0.1, 0.15) is 22.5 Å². The van der Waals surface area contributed by atoms with Gasteiger partial charge in [0.25, 0.3) is 5.91 Å². The van der Waals surface area contributed by atoms with Gasteiger partial charge in [-0.2, -0.15) is 9.65 Å². The van der Waals surface area contributed by atoms with Crippen molar-refractivity contribution in [3.63, 3.8) is 0 Å². The molecule has 0 N–H and O–H groups in total. The van der Waals surface area contributed by atoms with Crippen molar-refractivity contribution in [2.75, 3.05) is 6.54 Å². The van der Waals surface area contributed by atoms with E-state index in [1.54, 1.807) is 12.1 Å². The molecule has 0 aliphatic carbocycles. The molecule has 2 aromatic heterocycles. The fourth-order valence-corrected chi connectivity index (χ4v) is 1.74. The van der Waals surface area contributed by atoms with Crippen LogP contribution in [0.4, 0.5) is 4.39 Å². The Balaban J connectivity index is 2.20. The number of hydrogen-bond acceptors (Lipinski definition) is 4. The predicted molar refractivity (Wildman–Crippen MR) is 67.9 cm³/mol. The molecule has 0 spiro atoms. The number of carbonyl (C=O) groups excluding carboxylic acids is 1. The maximum absolute atomic E-state index is 13.6. The van der Waals surface area contributed by atoms with Crippen molar-refractivity contribution in [1.82, 2.24) is 9.88 Å². The third-order valence-corrected chi connectivity index (χ3v) is 2.70. The van der Waals surface area contributed by atoms with Crippen molar-refractivity contribution in [3.05, 3.63) is 54.0 Å². The second kappa shape index (κ2) is 6.48. The van der Waals surface area contributed by atoms with Gasteiger partial charge in [-0.25, -0.2) is 4.98 Å². The standard InChI is InChI=1S/C14H12FN3O2/c15-13-12(5-1-7-17-13)14(19)18(8-3-6-16)10-11-4-2-9-20-11/h1-2,4-5,7,9H,3,8,10H2. The van der Waals surface area contributed by atoms with Crippen LogP contribution in [-0.4, -0.2) is 22.3 Å². The average molecular weight is 273 g/mol. The summed E-state index contributed by atoms with van der Waals surface area (Å²) < 4.78 is 18.7. The van der Waals surface area contributed by atoms with Crippen LogP contribution in [-0.2, 0) is 6.54 Å². The summed E-state index contributed by atoms with van der Waals surface area (Å²) in [6, 6.07) is 8.24. The Kier molecular flexibility index (Phi) is 4.45. The SMILES string of the molecule is N#CCCN(Cc1ccco1)C(=O)c1cccnc1F. The third-order valence-electron chi connectivity index (χ3n) is 2.70. The molecule has 102 valence electrons. The maximum atomic E-state index is 13.6. The monoisotopic (exact) mass is 273 g/mol. The highest BCUT2D eigenvalue weighted by Crippen LogP contribution is 2.12. The molecule has 0 aromatic carbocycles. The lowest BCUT2D eigenvalue weighted by molar-refractivity contribution is 0.0729. The molecule has 0 bridgehead atoms. The fourth-order valence-electron chi connectivity index (χ4n) is 1.74. The summed E-state index contributed by atoms with van der Waals surface area (Å²) in [7, 11) is 0. The zero-order valence-electron chi connectivity index (χ0n) is 10.6. The number of nitriles is 1. The van der Waals surface area contributed by atoms with E-state index in [1.807, 2.05) is 6.07 Å². The minimum absolute atomic E-state index is 0.114. The van der Waals surface area contributed by atoms with Gasteiger partial charge >= 0.3 is 0 Å². The van der Waals surface area contributed by atoms with Crippen LogP contribution >= 0.6 is 0 Å². The number of aromatic nitrogens is 1. The zero-order valence-corrected chi connectivity index (χ0v) is 10.6. The van der Waals surface area contributed by atoms with Gasteiger partial charge in [0, 0.05) is 12.7 Å². The number of hydrogen-bond donors (Lipinski definition) is 0. The minimum atomic E-state index is -0.820. The molecule has 20 heavy (non-hydrogen) atoms. The number of amides is 1. The summed E-state index contributed by atoms with van der Waals surface area (Å²) in [6.45, 7) is 0.381. The predicted octanol–water partition coefficient (Wildman–Crippen LogP) is 2.37. The van der Waals surface area contributed by atoms with Gasteiger partial charge in [0.05, 0.1) is 30.9 Å². The first kappa shape index (κ1) is 13.7. The molecule has 0 atom stereocenters. The molecule has 0 unspecified atom stereocenters. The number of carbonyl (C=O) groups is 1. The van der Waals surface area contributed by atoms with Gasteiger partial charge in [-0.15, -0.1) is 0 Å². The molecule has 2 aromatic rings. The second-order valence-electron chi connectivity index (χ2n) is 4.06. The Labute approximate surface area is 115 Å². The second-order valence-corrected chi connectivity index (χ2v) is 4.06. The van der Waals surface area contributed by atoms with Gasteiger partial charge in [-0.3, -0.25) is 4.79 Å². The lowest BCUT2D eigenvalue weighted by Gasteiger charge is -2.20. The number of halogens is 1. The largest absolute Gasteiger partial charge is 0.467 e. The van der Waals surface area contributed by atoms with Crippen LogP contribution < -0.4 is 0 Å². The molecule has 0 radical (unpaired) electrons. The Hall–Kier alpha value is -2.68. The third kappa shape index (κ3) is 3.20. The van der Waals surface area contributed by atoms with Crippen LogP contribution in [0.25, 0.3) is 0 Å². The lowest BCUT2D eigenvalue weighted by Crippen LogP contribution is -2.32. The molecule has 0 saturated carbocycles. The number of rotatable bonds is 5. The van der Waals surface area contributed by atoms with Crippen molar-refractivity contribution >= 4 is 5.91 Å². The van der Waals surface area contributed by atoms with Gasteiger partial charge in [0.2, 0.25) is 5.95 Å². The van der Waals surface area contributed by atoms with Crippen LogP contribution in [0.5, 0.6) is 0 Å². The Morgan fingerprint density at radius 3 is 2.95 bits per heavy atom. The van der Waals surface area contributed by atoms with Crippen molar-refractivity contribution in [2.45, 2.75) is 13.0 Å². The van der Waals surface area contributed by atoms with Gasteiger partial charge in [-0.1, -0.05) is 0 Å². The van der Waals surface area contributed by atoms with Crippen LogP contribution in [0, 0.1) is 17.3 Å². The summed E-state index contributed by atoms with van der Waals surface area (Å²) in [5, 5.41) is 8.65. The summed E-state index contributed by atoms with van der Waals surface area (Å²) in [6.07, 6.45) is 2.93. The topological polar surface area (TPSA) is 70.1 Å². The molecule has 2 rings (SSSR count). The summed E-state index contributed by atoms with van der Waals surface area (Å²) in [5.74, 6) is -0.762. The van der Waals surface area contributed by atoms with Gasteiger partial charge in [0.1, 0.15) is 5.76 Å². The molecule has 1 amide bonds. The van der Waals surface area contributed by atoms with Crippen LogP contribution in [0.3, 0.4) is 0 Å². The van der Waals surface area contributed by atoms with E-state index in [-0.39, 0.29) is 25.1 Å². The molecule has 5 nitrogen and oxygen atoms in total. The highest BCUT2D eigenvalue weighted by Gasteiger charge is 2.20. The molecule has 0 aliphatic heterocycles. The number of pyridine rings is 1. The van der Waals surface area contributed by atoms with Crippen molar-refractivity contribution < 1.29 is 13.6 Å². The van der Waals surface area contributed by atoms with E-state index in [0.29, 0.717) is 5.76 Å². The quantitative estimate of drug-likeness (QED) is 0.784. The smallest absolute Gasteiger partial charge is 0.258 e. The van der Waals surface area contributed by atoms with Crippen molar-refractivity contribution in [1.29, 1.82) is 5.26 Å². The average Bonchev–Trinajstić information content (AvgIpc) is 2.96. The molecule has 6 heteroatoms. The van der Waals surface area contributed by atoms with E-state index in [0.717, 1.165) is 0 Å². The number of nitrogens with zero attached hydrogens (tertiary/aromatic N) is 3. The molecule has 0 saturated heterocycles. The highest BCUT2D eigenvalue weighted by molar-refractivity contribution is 5.94.